The van der Waals surface area contributed by atoms with E-state index in [0.29, 0.717) is 5.92 Å². The minimum atomic E-state index is -0.549. The van der Waals surface area contributed by atoms with Crippen molar-refractivity contribution >= 4 is 11.6 Å². The lowest BCUT2D eigenvalue weighted by Gasteiger charge is -2.13. The molecule has 3 N–H and O–H groups in total. The van der Waals surface area contributed by atoms with Crippen molar-refractivity contribution in [3.8, 4) is 0 Å². The van der Waals surface area contributed by atoms with Crippen molar-refractivity contribution in [1.82, 2.24) is 5.32 Å². The molecule has 1 aliphatic carbocycles. The van der Waals surface area contributed by atoms with Gasteiger partial charge in [-0.25, -0.2) is 4.39 Å². The molecule has 86 valence electrons. The molecule has 0 spiro atoms. The lowest BCUT2D eigenvalue weighted by molar-refractivity contribution is 0.0936. The number of para-hydroxylation sites is 1. The molecule has 4 heteroatoms. The molecule has 0 aliphatic heterocycles. The van der Waals surface area contributed by atoms with E-state index >= 15 is 0 Å². The van der Waals surface area contributed by atoms with Crippen LogP contribution in [0.3, 0.4) is 0 Å². The third-order valence-electron chi connectivity index (χ3n) is 2.99. The maximum absolute atomic E-state index is 13.1. The number of halogens is 1. The fourth-order valence-electron chi connectivity index (χ4n) is 1.73. The summed E-state index contributed by atoms with van der Waals surface area (Å²) in [6, 6.07) is 4.40. The van der Waals surface area contributed by atoms with Crippen molar-refractivity contribution in [2.45, 2.75) is 25.8 Å². The van der Waals surface area contributed by atoms with Crippen molar-refractivity contribution in [3.05, 3.63) is 29.6 Å². The summed E-state index contributed by atoms with van der Waals surface area (Å²) in [4.78, 5) is 11.8. The number of hydrogen-bond donors (Lipinski definition) is 2. The van der Waals surface area contributed by atoms with Gasteiger partial charge in [0.25, 0.3) is 5.91 Å². The molecule has 3 nitrogen and oxygen atoms in total. The highest BCUT2D eigenvalue weighted by atomic mass is 19.1. The highest BCUT2D eigenvalue weighted by molar-refractivity contribution is 5.99. The summed E-state index contributed by atoms with van der Waals surface area (Å²) in [6.45, 7) is 1.96. The average Bonchev–Trinajstić information content (AvgIpc) is 3.05. The van der Waals surface area contributed by atoms with Crippen LogP contribution in [0.1, 0.15) is 30.1 Å². The molecule has 1 aliphatic rings. The van der Waals surface area contributed by atoms with Gasteiger partial charge in [0.15, 0.2) is 0 Å². The van der Waals surface area contributed by atoms with Crippen LogP contribution in [0.2, 0.25) is 0 Å². The minimum Gasteiger partial charge on any atom is -0.396 e. The van der Waals surface area contributed by atoms with Crippen molar-refractivity contribution in [2.24, 2.45) is 5.92 Å². The van der Waals surface area contributed by atoms with Gasteiger partial charge in [-0.15, -0.1) is 0 Å². The van der Waals surface area contributed by atoms with Gasteiger partial charge in [-0.05, 0) is 37.8 Å². The summed E-state index contributed by atoms with van der Waals surface area (Å²) in [6.07, 6.45) is 2.31. The van der Waals surface area contributed by atoms with Gasteiger partial charge in [0.2, 0.25) is 0 Å². The van der Waals surface area contributed by atoms with Crippen LogP contribution in [0.4, 0.5) is 10.1 Å². The Morgan fingerprint density at radius 3 is 2.88 bits per heavy atom. The number of nitrogens with two attached hydrogens (primary N) is 1. The Kier molecular flexibility index (Phi) is 2.81. The van der Waals surface area contributed by atoms with Crippen LogP contribution in [0.5, 0.6) is 0 Å². The van der Waals surface area contributed by atoms with E-state index in [9.17, 15) is 9.18 Å². The monoisotopic (exact) mass is 222 g/mol. The summed E-state index contributed by atoms with van der Waals surface area (Å²) in [5, 5.41) is 2.84. The van der Waals surface area contributed by atoms with Crippen molar-refractivity contribution in [1.29, 1.82) is 0 Å². The summed E-state index contributed by atoms with van der Waals surface area (Å²) in [5.74, 6) is -0.276. The van der Waals surface area contributed by atoms with E-state index in [4.69, 9.17) is 5.73 Å². The van der Waals surface area contributed by atoms with E-state index in [1.165, 1.54) is 18.2 Å². The Hall–Kier alpha value is -1.58. The highest BCUT2D eigenvalue weighted by Gasteiger charge is 2.29. The molecule has 0 aromatic heterocycles. The SMILES string of the molecule is CC(NC(=O)c1cccc(F)c1N)C1CC1. The van der Waals surface area contributed by atoms with Crippen molar-refractivity contribution in [2.75, 3.05) is 5.73 Å². The van der Waals surface area contributed by atoms with E-state index in [2.05, 4.69) is 5.32 Å². The number of hydrogen-bond acceptors (Lipinski definition) is 2. The lowest BCUT2D eigenvalue weighted by Crippen LogP contribution is -2.34. The van der Waals surface area contributed by atoms with E-state index in [-0.39, 0.29) is 23.2 Å². The number of rotatable bonds is 3. The van der Waals surface area contributed by atoms with Crippen molar-refractivity contribution in [3.63, 3.8) is 0 Å². The van der Waals surface area contributed by atoms with Crippen LogP contribution in [0.25, 0.3) is 0 Å². The van der Waals surface area contributed by atoms with E-state index in [0.717, 1.165) is 12.8 Å². The molecule has 1 amide bonds. The largest absolute Gasteiger partial charge is 0.396 e. The highest BCUT2D eigenvalue weighted by Crippen LogP contribution is 2.32. The second kappa shape index (κ2) is 4.12. The molecule has 2 rings (SSSR count). The molecular formula is C12H15FN2O. The van der Waals surface area contributed by atoms with Gasteiger partial charge in [0.1, 0.15) is 5.82 Å². The van der Waals surface area contributed by atoms with Crippen LogP contribution in [0.15, 0.2) is 18.2 Å². The fourth-order valence-corrected chi connectivity index (χ4v) is 1.73. The second-order valence-electron chi connectivity index (χ2n) is 4.30. The second-order valence-corrected chi connectivity index (χ2v) is 4.30. The number of benzene rings is 1. The Morgan fingerprint density at radius 1 is 1.56 bits per heavy atom. The zero-order valence-corrected chi connectivity index (χ0v) is 9.16. The molecule has 0 radical (unpaired) electrons. The first-order valence-corrected chi connectivity index (χ1v) is 5.44. The zero-order valence-electron chi connectivity index (χ0n) is 9.16. The number of amides is 1. The van der Waals surface area contributed by atoms with Gasteiger partial charge in [-0.2, -0.15) is 0 Å². The molecule has 1 atom stereocenters. The first kappa shape index (κ1) is 10.9. The predicted octanol–water partition coefficient (Wildman–Crippen LogP) is 1.94. The van der Waals surface area contributed by atoms with Gasteiger partial charge in [0.05, 0.1) is 11.3 Å². The van der Waals surface area contributed by atoms with Gasteiger partial charge in [-0.1, -0.05) is 6.07 Å². The van der Waals surface area contributed by atoms with Gasteiger partial charge in [0, 0.05) is 6.04 Å². The maximum atomic E-state index is 13.1. The lowest BCUT2D eigenvalue weighted by atomic mass is 10.1. The van der Waals surface area contributed by atoms with Crippen molar-refractivity contribution < 1.29 is 9.18 Å². The first-order chi connectivity index (χ1) is 7.59. The summed E-state index contributed by atoms with van der Waals surface area (Å²) >= 11 is 0. The summed E-state index contributed by atoms with van der Waals surface area (Å²) in [5.41, 5.74) is 5.65. The smallest absolute Gasteiger partial charge is 0.253 e. The molecule has 1 saturated carbocycles. The number of anilines is 1. The molecular weight excluding hydrogens is 207 g/mol. The fraction of sp³-hybridized carbons (Fsp3) is 0.417. The average molecular weight is 222 g/mol. The van der Waals surface area contributed by atoms with E-state index in [1.54, 1.807) is 0 Å². The zero-order chi connectivity index (χ0) is 11.7. The summed E-state index contributed by atoms with van der Waals surface area (Å²) in [7, 11) is 0. The van der Waals surface area contributed by atoms with Gasteiger partial charge >= 0.3 is 0 Å². The van der Waals surface area contributed by atoms with E-state index in [1.807, 2.05) is 6.92 Å². The number of nitrogen functional groups attached to an aromatic ring is 1. The summed E-state index contributed by atoms with van der Waals surface area (Å²) < 4.78 is 13.1. The number of carbonyl (C=O) groups excluding carboxylic acids is 1. The van der Waals surface area contributed by atoms with Gasteiger partial charge in [-0.3, -0.25) is 4.79 Å². The first-order valence-electron chi connectivity index (χ1n) is 5.44. The maximum Gasteiger partial charge on any atom is 0.253 e. The van der Waals surface area contributed by atoms with Crippen LogP contribution in [-0.4, -0.2) is 11.9 Å². The quantitative estimate of drug-likeness (QED) is 0.768. The number of nitrogens with one attached hydrogen (secondary N) is 1. The Bertz CT molecular complexity index is 415. The molecule has 1 unspecified atom stereocenters. The minimum absolute atomic E-state index is 0.0806. The predicted molar refractivity (Wildman–Crippen MR) is 60.5 cm³/mol. The number of carbonyl (C=O) groups is 1. The topological polar surface area (TPSA) is 55.1 Å². The van der Waals surface area contributed by atoms with Crippen LogP contribution >= 0.6 is 0 Å². The Morgan fingerprint density at radius 2 is 2.25 bits per heavy atom. The molecule has 16 heavy (non-hydrogen) atoms. The standard InChI is InChI=1S/C12H15FN2O/c1-7(8-5-6-8)15-12(16)9-3-2-4-10(13)11(9)14/h2-4,7-8H,5-6,14H2,1H3,(H,15,16). The Labute approximate surface area is 93.8 Å². The normalized spacial score (nSPS) is 16.9. The molecule has 1 aromatic rings. The van der Waals surface area contributed by atoms with Gasteiger partial charge < -0.3 is 11.1 Å². The molecule has 1 fully saturated rings. The van der Waals surface area contributed by atoms with Crippen LogP contribution in [0, 0.1) is 11.7 Å². The third kappa shape index (κ3) is 2.15. The molecule has 0 bridgehead atoms. The van der Waals surface area contributed by atoms with Crippen LogP contribution < -0.4 is 11.1 Å². The molecule has 1 aromatic carbocycles. The third-order valence-corrected chi connectivity index (χ3v) is 2.99. The van der Waals surface area contributed by atoms with E-state index < -0.39 is 5.82 Å². The molecule has 0 heterocycles. The van der Waals surface area contributed by atoms with Crippen LogP contribution in [-0.2, 0) is 0 Å². The Balaban J connectivity index is 2.10. The molecule has 0 saturated heterocycles.